The molecule has 26 heavy (non-hydrogen) atoms. The van der Waals surface area contributed by atoms with Crippen molar-refractivity contribution >= 4 is 32.9 Å². The van der Waals surface area contributed by atoms with Crippen molar-refractivity contribution in [1.29, 1.82) is 0 Å². The molecule has 1 aromatic heterocycles. The third kappa shape index (κ3) is 3.09. The van der Waals surface area contributed by atoms with Crippen LogP contribution in [0.3, 0.4) is 0 Å². The second-order valence-corrected chi connectivity index (χ2v) is 6.72. The molecule has 5 heteroatoms. The summed E-state index contributed by atoms with van der Waals surface area (Å²) >= 11 is 3.45. The number of fused-ring (bicyclic) bond motifs is 1. The summed E-state index contributed by atoms with van der Waals surface area (Å²) in [6, 6.07) is 22.5. The first-order valence-corrected chi connectivity index (χ1v) is 8.77. The van der Waals surface area contributed by atoms with Crippen molar-refractivity contribution in [2.24, 2.45) is 0 Å². The third-order valence-corrected chi connectivity index (χ3v) is 4.60. The summed E-state index contributed by atoms with van der Waals surface area (Å²) < 4.78 is 0.976. The van der Waals surface area contributed by atoms with Crippen molar-refractivity contribution in [3.05, 3.63) is 82.8 Å². The minimum Gasteiger partial charge on any atom is -0.478 e. The van der Waals surface area contributed by atoms with Crippen LogP contribution >= 0.6 is 15.9 Å². The molecule has 0 bridgehead atoms. The highest BCUT2D eigenvalue weighted by Crippen LogP contribution is 2.31. The van der Waals surface area contributed by atoms with E-state index < -0.39 is 5.97 Å². The van der Waals surface area contributed by atoms with Gasteiger partial charge in [-0.15, -0.1) is 0 Å². The molecule has 1 N–H and O–H groups in total. The number of benzene rings is 3. The number of nitrogens with zero attached hydrogens (tertiary/aromatic N) is 2. The Morgan fingerprint density at radius 3 is 2.04 bits per heavy atom. The molecule has 126 valence electrons. The first-order valence-electron chi connectivity index (χ1n) is 7.98. The summed E-state index contributed by atoms with van der Waals surface area (Å²) in [6.07, 6.45) is 0. The van der Waals surface area contributed by atoms with E-state index in [9.17, 15) is 9.90 Å². The summed E-state index contributed by atoms with van der Waals surface area (Å²) in [7, 11) is 0. The second kappa shape index (κ2) is 6.69. The lowest BCUT2D eigenvalue weighted by Crippen LogP contribution is -1.99. The molecule has 0 saturated carbocycles. The zero-order chi connectivity index (χ0) is 18.1. The standard InChI is InChI=1S/C21H13BrN2O2/c22-16-9-6-14(7-10-16)20-19(13-4-2-1-3-5-13)23-17-11-8-15(21(25)26)12-18(17)24-20/h1-12H,(H,25,26). The van der Waals surface area contributed by atoms with E-state index in [0.29, 0.717) is 11.0 Å². The lowest BCUT2D eigenvalue weighted by Gasteiger charge is -2.11. The van der Waals surface area contributed by atoms with Gasteiger partial charge in [0.25, 0.3) is 0 Å². The zero-order valence-corrected chi connectivity index (χ0v) is 15.1. The zero-order valence-electron chi connectivity index (χ0n) is 13.6. The fraction of sp³-hybridized carbons (Fsp3) is 0. The van der Waals surface area contributed by atoms with Crippen LogP contribution in [0.15, 0.2) is 77.3 Å². The van der Waals surface area contributed by atoms with Gasteiger partial charge in [-0.3, -0.25) is 0 Å². The summed E-state index contributed by atoms with van der Waals surface area (Å²) in [5, 5.41) is 9.24. The van der Waals surface area contributed by atoms with Crippen molar-refractivity contribution in [1.82, 2.24) is 9.97 Å². The van der Waals surface area contributed by atoms with E-state index in [2.05, 4.69) is 15.9 Å². The highest BCUT2D eigenvalue weighted by Gasteiger charge is 2.14. The van der Waals surface area contributed by atoms with Gasteiger partial charge in [0.15, 0.2) is 0 Å². The van der Waals surface area contributed by atoms with E-state index in [0.717, 1.165) is 27.0 Å². The number of carboxylic acid groups (broad SMARTS) is 1. The Hall–Kier alpha value is -3.05. The number of rotatable bonds is 3. The topological polar surface area (TPSA) is 63.1 Å². The van der Waals surface area contributed by atoms with E-state index in [1.165, 1.54) is 0 Å². The van der Waals surface area contributed by atoms with Crippen LogP contribution in [0, 0.1) is 0 Å². The van der Waals surface area contributed by atoms with Crippen LogP contribution in [0.1, 0.15) is 10.4 Å². The van der Waals surface area contributed by atoms with Crippen LogP contribution in [0.4, 0.5) is 0 Å². The fourth-order valence-corrected chi connectivity index (χ4v) is 3.06. The first-order chi connectivity index (χ1) is 12.6. The molecule has 0 unspecified atom stereocenters. The minimum atomic E-state index is -0.981. The Morgan fingerprint density at radius 2 is 1.38 bits per heavy atom. The molecule has 0 spiro atoms. The van der Waals surface area contributed by atoms with Gasteiger partial charge in [-0.25, -0.2) is 14.8 Å². The van der Waals surface area contributed by atoms with E-state index in [-0.39, 0.29) is 5.56 Å². The van der Waals surface area contributed by atoms with Crippen LogP contribution in [0.5, 0.6) is 0 Å². The van der Waals surface area contributed by atoms with Gasteiger partial charge in [0, 0.05) is 15.6 Å². The lowest BCUT2D eigenvalue weighted by molar-refractivity contribution is 0.0697. The molecule has 0 aliphatic heterocycles. The van der Waals surface area contributed by atoms with E-state index in [1.54, 1.807) is 18.2 Å². The molecule has 0 aliphatic carbocycles. The number of hydrogen-bond acceptors (Lipinski definition) is 3. The Labute approximate surface area is 158 Å². The van der Waals surface area contributed by atoms with Gasteiger partial charge >= 0.3 is 5.97 Å². The lowest BCUT2D eigenvalue weighted by atomic mass is 10.0. The van der Waals surface area contributed by atoms with Crippen molar-refractivity contribution < 1.29 is 9.90 Å². The van der Waals surface area contributed by atoms with Gasteiger partial charge in [-0.1, -0.05) is 58.4 Å². The molecular weight excluding hydrogens is 392 g/mol. The normalized spacial score (nSPS) is 10.8. The Morgan fingerprint density at radius 1 is 0.769 bits per heavy atom. The summed E-state index contributed by atoms with van der Waals surface area (Å²) in [6.45, 7) is 0. The molecule has 3 aromatic carbocycles. The van der Waals surface area contributed by atoms with Crippen molar-refractivity contribution in [3.8, 4) is 22.5 Å². The third-order valence-electron chi connectivity index (χ3n) is 4.08. The monoisotopic (exact) mass is 404 g/mol. The van der Waals surface area contributed by atoms with Crippen molar-refractivity contribution in [2.45, 2.75) is 0 Å². The summed E-state index contributed by atoms with van der Waals surface area (Å²) in [5.74, 6) is -0.981. The predicted molar refractivity (Wildman–Crippen MR) is 105 cm³/mol. The average Bonchev–Trinajstić information content (AvgIpc) is 2.68. The highest BCUT2D eigenvalue weighted by atomic mass is 79.9. The predicted octanol–water partition coefficient (Wildman–Crippen LogP) is 5.42. The minimum absolute atomic E-state index is 0.195. The molecule has 4 aromatic rings. The SMILES string of the molecule is O=C(O)c1ccc2nc(-c3ccccc3)c(-c3ccc(Br)cc3)nc2c1. The fourth-order valence-electron chi connectivity index (χ4n) is 2.79. The average molecular weight is 405 g/mol. The van der Waals surface area contributed by atoms with E-state index >= 15 is 0 Å². The maximum atomic E-state index is 11.3. The van der Waals surface area contributed by atoms with E-state index in [1.807, 2.05) is 54.6 Å². The molecular formula is C21H13BrN2O2. The maximum Gasteiger partial charge on any atom is 0.335 e. The largest absolute Gasteiger partial charge is 0.478 e. The van der Waals surface area contributed by atoms with Crippen LogP contribution < -0.4 is 0 Å². The van der Waals surface area contributed by atoms with E-state index in [4.69, 9.17) is 9.97 Å². The number of hydrogen-bond donors (Lipinski definition) is 1. The van der Waals surface area contributed by atoms with Crippen molar-refractivity contribution in [3.63, 3.8) is 0 Å². The number of carboxylic acids is 1. The van der Waals surface area contributed by atoms with Crippen LogP contribution in [-0.4, -0.2) is 21.0 Å². The van der Waals surface area contributed by atoms with Crippen LogP contribution in [0.25, 0.3) is 33.5 Å². The summed E-state index contributed by atoms with van der Waals surface area (Å²) in [4.78, 5) is 20.8. The van der Waals surface area contributed by atoms with Gasteiger partial charge in [0.05, 0.1) is 28.0 Å². The van der Waals surface area contributed by atoms with Gasteiger partial charge in [0.2, 0.25) is 0 Å². The molecule has 1 heterocycles. The smallest absolute Gasteiger partial charge is 0.335 e. The Kier molecular flexibility index (Phi) is 4.22. The molecule has 0 amide bonds. The molecule has 0 radical (unpaired) electrons. The van der Waals surface area contributed by atoms with Gasteiger partial charge in [0.1, 0.15) is 0 Å². The van der Waals surface area contributed by atoms with Gasteiger partial charge < -0.3 is 5.11 Å². The number of halogens is 1. The van der Waals surface area contributed by atoms with Crippen LogP contribution in [0.2, 0.25) is 0 Å². The molecule has 0 saturated heterocycles. The number of aromatic carboxylic acids is 1. The number of carbonyl (C=O) groups is 1. The maximum absolute atomic E-state index is 11.3. The molecule has 4 nitrogen and oxygen atoms in total. The molecule has 0 atom stereocenters. The summed E-state index contributed by atoms with van der Waals surface area (Å²) in [5.41, 5.74) is 4.78. The highest BCUT2D eigenvalue weighted by molar-refractivity contribution is 9.10. The molecule has 0 aliphatic rings. The quantitative estimate of drug-likeness (QED) is 0.494. The first kappa shape index (κ1) is 16.4. The molecule has 0 fully saturated rings. The Bertz CT molecular complexity index is 1110. The van der Waals surface area contributed by atoms with Gasteiger partial charge in [-0.05, 0) is 30.3 Å². The van der Waals surface area contributed by atoms with Crippen LogP contribution in [-0.2, 0) is 0 Å². The van der Waals surface area contributed by atoms with Gasteiger partial charge in [-0.2, -0.15) is 0 Å². The number of aromatic nitrogens is 2. The molecule has 4 rings (SSSR count). The van der Waals surface area contributed by atoms with Crippen molar-refractivity contribution in [2.75, 3.05) is 0 Å². The second-order valence-electron chi connectivity index (χ2n) is 5.80. The Balaban J connectivity index is 2.01.